The second-order valence-electron chi connectivity index (χ2n) is 4.40. The van der Waals surface area contributed by atoms with Gasteiger partial charge in [0.15, 0.2) is 11.5 Å². The van der Waals surface area contributed by atoms with Gasteiger partial charge in [0.2, 0.25) is 5.91 Å². The van der Waals surface area contributed by atoms with Crippen LogP contribution in [0.1, 0.15) is 26.3 Å². The van der Waals surface area contributed by atoms with Gasteiger partial charge in [-0.15, -0.1) is 0 Å². The van der Waals surface area contributed by atoms with Crippen LogP contribution >= 0.6 is 12.1 Å². The number of amides is 1. The van der Waals surface area contributed by atoms with Crippen LogP contribution in [0.4, 0.5) is 3.89 Å². The van der Waals surface area contributed by atoms with Gasteiger partial charge in [0.05, 0.1) is 12.1 Å². The Labute approximate surface area is 131 Å². The lowest BCUT2D eigenvalue weighted by Crippen LogP contribution is -2.22. The van der Waals surface area contributed by atoms with Gasteiger partial charge in [0.25, 0.3) is 0 Å². The lowest BCUT2D eigenvalue weighted by atomic mass is 10.1. The van der Waals surface area contributed by atoms with Crippen molar-refractivity contribution in [3.8, 4) is 11.5 Å². The van der Waals surface area contributed by atoms with E-state index in [0.717, 1.165) is 0 Å². The molecule has 1 rings (SSSR count). The van der Waals surface area contributed by atoms with Gasteiger partial charge in [-0.3, -0.25) is 14.4 Å². The number of benzene rings is 1. The minimum atomic E-state index is -0.616. The molecule has 0 atom stereocenters. The first-order valence-electron chi connectivity index (χ1n) is 6.40. The van der Waals surface area contributed by atoms with Crippen molar-refractivity contribution in [2.45, 2.75) is 32.1 Å². The van der Waals surface area contributed by atoms with Crippen molar-refractivity contribution in [2.75, 3.05) is 6.54 Å². The number of halogens is 1. The fraction of sp³-hybridized carbons (Fsp3) is 0.357. The molecule has 0 aliphatic carbocycles. The van der Waals surface area contributed by atoms with Crippen LogP contribution in [0, 0.1) is 0 Å². The van der Waals surface area contributed by atoms with E-state index in [-0.39, 0.29) is 34.4 Å². The van der Waals surface area contributed by atoms with Gasteiger partial charge < -0.3 is 14.8 Å². The summed E-state index contributed by atoms with van der Waals surface area (Å²) in [5.74, 6) is -1.42. The van der Waals surface area contributed by atoms with Crippen LogP contribution < -0.4 is 14.8 Å². The van der Waals surface area contributed by atoms with E-state index >= 15 is 0 Å². The molecule has 120 valence electrons. The first kappa shape index (κ1) is 18.0. The molecule has 22 heavy (non-hydrogen) atoms. The van der Waals surface area contributed by atoms with E-state index in [9.17, 15) is 18.3 Å². The normalized spacial score (nSPS) is 10.0. The van der Waals surface area contributed by atoms with Gasteiger partial charge in [0.1, 0.15) is 0 Å². The van der Waals surface area contributed by atoms with Crippen molar-refractivity contribution in [3.05, 3.63) is 17.7 Å². The number of hydrogen-bond acceptors (Lipinski definition) is 6. The van der Waals surface area contributed by atoms with Gasteiger partial charge in [-0.1, -0.05) is 0 Å². The van der Waals surface area contributed by atoms with E-state index in [0.29, 0.717) is 18.5 Å². The molecule has 1 aromatic rings. The largest absolute Gasteiger partial charge is 0.423 e. The molecule has 8 heteroatoms. The predicted octanol–water partition coefficient (Wildman–Crippen LogP) is 2.19. The van der Waals surface area contributed by atoms with Crippen LogP contribution in [0.5, 0.6) is 11.5 Å². The molecular weight excluding hydrogens is 313 g/mol. The van der Waals surface area contributed by atoms with E-state index in [4.69, 9.17) is 9.47 Å². The van der Waals surface area contributed by atoms with E-state index in [1.165, 1.54) is 32.9 Å². The van der Waals surface area contributed by atoms with Crippen molar-refractivity contribution < 1.29 is 27.7 Å². The Bertz CT molecular complexity index is 591. The molecule has 0 saturated carbocycles. The third kappa shape index (κ3) is 5.72. The Balaban J connectivity index is 3.11. The van der Waals surface area contributed by atoms with Crippen LogP contribution in [0.3, 0.4) is 0 Å². The molecule has 0 unspecified atom stereocenters. The first-order valence-corrected chi connectivity index (χ1v) is 7.12. The highest BCUT2D eigenvalue weighted by Gasteiger charge is 2.16. The monoisotopic (exact) mass is 329 g/mol. The van der Waals surface area contributed by atoms with Crippen LogP contribution in [0.15, 0.2) is 17.0 Å². The molecule has 0 heterocycles. The second-order valence-corrected chi connectivity index (χ2v) is 5.00. The average Bonchev–Trinajstić information content (AvgIpc) is 2.39. The molecule has 6 nitrogen and oxygen atoms in total. The van der Waals surface area contributed by atoms with Crippen molar-refractivity contribution >= 4 is 30.0 Å². The minimum absolute atomic E-state index is 0.0214. The lowest BCUT2D eigenvalue weighted by molar-refractivity contribution is -0.134. The molecule has 0 fully saturated rings. The molecule has 0 spiro atoms. The number of esters is 2. The van der Waals surface area contributed by atoms with Gasteiger partial charge in [0, 0.05) is 38.3 Å². The number of nitrogens with one attached hydrogen (secondary N) is 1. The van der Waals surface area contributed by atoms with Crippen molar-refractivity contribution in [1.82, 2.24) is 5.32 Å². The summed E-state index contributed by atoms with van der Waals surface area (Å²) >= 11 is -0.0214. The number of carbonyl (C=O) groups is 3. The molecule has 1 amide bonds. The molecule has 1 aromatic carbocycles. The van der Waals surface area contributed by atoms with Gasteiger partial charge in [-0.05, 0) is 18.1 Å². The van der Waals surface area contributed by atoms with E-state index in [2.05, 4.69) is 5.32 Å². The summed E-state index contributed by atoms with van der Waals surface area (Å²) in [7, 11) is 0. The summed E-state index contributed by atoms with van der Waals surface area (Å²) < 4.78 is 23.0. The Kier molecular flexibility index (Phi) is 6.84. The summed E-state index contributed by atoms with van der Waals surface area (Å²) in [5.41, 5.74) is 0.522. The Hall–Kier alpha value is -2.09. The van der Waals surface area contributed by atoms with Crippen LogP contribution in [0.2, 0.25) is 0 Å². The number of rotatable bonds is 6. The highest BCUT2D eigenvalue weighted by molar-refractivity contribution is 7.94. The summed E-state index contributed by atoms with van der Waals surface area (Å²) in [5, 5.41) is 2.59. The Morgan fingerprint density at radius 1 is 1.09 bits per heavy atom. The van der Waals surface area contributed by atoms with Crippen LogP contribution in [-0.4, -0.2) is 24.4 Å². The highest BCUT2D eigenvalue weighted by atomic mass is 32.2. The quantitative estimate of drug-likeness (QED) is 0.636. The third-order valence-corrected chi connectivity index (χ3v) is 3.03. The fourth-order valence-electron chi connectivity index (χ4n) is 1.69. The second kappa shape index (κ2) is 8.38. The molecular formula is C14H16FNO5S. The number of ether oxygens (including phenoxy) is 2. The molecule has 0 aliphatic heterocycles. The zero-order chi connectivity index (χ0) is 16.7. The third-order valence-electron chi connectivity index (χ3n) is 2.49. The zero-order valence-electron chi connectivity index (χ0n) is 12.4. The molecule has 0 saturated heterocycles. The summed E-state index contributed by atoms with van der Waals surface area (Å²) in [6.07, 6.45) is 0.334. The molecule has 0 bridgehead atoms. The van der Waals surface area contributed by atoms with Gasteiger partial charge in [-0.25, -0.2) is 0 Å². The molecule has 0 aliphatic rings. The Morgan fingerprint density at radius 2 is 1.64 bits per heavy atom. The van der Waals surface area contributed by atoms with Crippen LogP contribution in [-0.2, 0) is 20.8 Å². The fourth-order valence-corrected chi connectivity index (χ4v) is 2.10. The van der Waals surface area contributed by atoms with E-state index < -0.39 is 11.9 Å². The standard InChI is InChI=1S/C14H16FNO5S/c1-8(17)16-5-4-11-6-12(20-9(2)18)13(21-10(3)19)7-14(11)22-15/h6-7H,4-5H2,1-3H3,(H,16,17). The first-order chi connectivity index (χ1) is 10.3. The number of carbonyl (C=O) groups excluding carboxylic acids is 3. The summed E-state index contributed by atoms with van der Waals surface area (Å²) in [4.78, 5) is 33.3. The molecule has 1 N–H and O–H groups in total. The molecule has 0 aromatic heterocycles. The van der Waals surface area contributed by atoms with E-state index in [1.54, 1.807) is 0 Å². The summed E-state index contributed by atoms with van der Waals surface area (Å²) in [6, 6.07) is 2.71. The van der Waals surface area contributed by atoms with Crippen LogP contribution in [0.25, 0.3) is 0 Å². The highest BCUT2D eigenvalue weighted by Crippen LogP contribution is 2.36. The van der Waals surface area contributed by atoms with Crippen molar-refractivity contribution in [1.29, 1.82) is 0 Å². The topological polar surface area (TPSA) is 81.7 Å². The smallest absolute Gasteiger partial charge is 0.308 e. The van der Waals surface area contributed by atoms with Gasteiger partial charge >= 0.3 is 11.9 Å². The number of hydrogen-bond donors (Lipinski definition) is 1. The molecule has 0 radical (unpaired) electrons. The van der Waals surface area contributed by atoms with Crippen molar-refractivity contribution in [3.63, 3.8) is 0 Å². The maximum Gasteiger partial charge on any atom is 0.308 e. The van der Waals surface area contributed by atoms with Crippen molar-refractivity contribution in [2.24, 2.45) is 0 Å². The SMILES string of the molecule is CC(=O)NCCc1cc(OC(C)=O)c(OC(C)=O)cc1SF. The van der Waals surface area contributed by atoms with E-state index in [1.807, 2.05) is 0 Å². The summed E-state index contributed by atoms with van der Waals surface area (Å²) in [6.45, 7) is 4.06. The predicted molar refractivity (Wildman–Crippen MR) is 78.4 cm³/mol. The lowest BCUT2D eigenvalue weighted by Gasteiger charge is -2.13. The average molecular weight is 329 g/mol. The minimum Gasteiger partial charge on any atom is -0.423 e. The van der Waals surface area contributed by atoms with Gasteiger partial charge in [-0.2, -0.15) is 3.89 Å². The zero-order valence-corrected chi connectivity index (χ0v) is 13.2. The maximum atomic E-state index is 13.1. The maximum absolute atomic E-state index is 13.1. The Morgan fingerprint density at radius 3 is 2.09 bits per heavy atom.